The molecule has 0 spiro atoms. The summed E-state index contributed by atoms with van der Waals surface area (Å²) in [5, 5.41) is 4.52. The highest BCUT2D eigenvalue weighted by Gasteiger charge is 2.39. The Morgan fingerprint density at radius 1 is 0.978 bits per heavy atom. The molecule has 45 heavy (non-hydrogen) atoms. The number of piperidine rings is 1. The second-order valence-electron chi connectivity index (χ2n) is 11.1. The first-order valence-electron chi connectivity index (χ1n) is 14.6. The summed E-state index contributed by atoms with van der Waals surface area (Å²) in [6, 6.07) is 19.2. The first-order valence-corrected chi connectivity index (χ1v) is 14.6. The molecule has 1 aliphatic heterocycles. The summed E-state index contributed by atoms with van der Waals surface area (Å²) in [5.41, 5.74) is -0.416. The van der Waals surface area contributed by atoms with Crippen molar-refractivity contribution in [2.75, 3.05) is 29.9 Å². The van der Waals surface area contributed by atoms with E-state index in [4.69, 9.17) is 4.74 Å². The van der Waals surface area contributed by atoms with Crippen molar-refractivity contribution in [3.63, 3.8) is 0 Å². The molecule has 7 nitrogen and oxygen atoms in total. The number of anilines is 2. The first-order chi connectivity index (χ1) is 21.6. The van der Waals surface area contributed by atoms with Gasteiger partial charge in [-0.2, -0.15) is 23.3 Å². The van der Waals surface area contributed by atoms with Gasteiger partial charge in [-0.05, 0) is 43.0 Å². The molecule has 1 atom stereocenters. The summed E-state index contributed by atoms with van der Waals surface area (Å²) in [7, 11) is 3.43. The molecule has 1 unspecified atom stereocenters. The zero-order valence-electron chi connectivity index (χ0n) is 24.7. The van der Waals surface area contributed by atoms with Gasteiger partial charge in [-0.15, -0.1) is 0 Å². The standard InChI is InChI=1S/C33H31F5N6O/c1-42(19-23-15-9-10-16-44(23)22-13-7-4-8-14-22)32-39-18-25-29(41-43(2)31(25)40-32)24-17-26(33(36,37)38)28(35)30(27(24)34)45-20-21-11-5-3-6-12-21/h3-8,11-14,17-18,23H,9-10,15-16,19-20H2,1-2H3. The Bertz CT molecular complexity index is 1800. The molecule has 0 bridgehead atoms. The number of benzene rings is 3. The normalized spacial score (nSPS) is 15.4. The van der Waals surface area contributed by atoms with E-state index in [0.29, 0.717) is 24.1 Å². The zero-order chi connectivity index (χ0) is 31.7. The summed E-state index contributed by atoms with van der Waals surface area (Å²) in [6.45, 7) is 1.24. The summed E-state index contributed by atoms with van der Waals surface area (Å²) in [5.74, 6) is -3.86. The van der Waals surface area contributed by atoms with E-state index in [1.54, 1.807) is 37.4 Å². The van der Waals surface area contributed by atoms with Crippen molar-refractivity contribution in [3.05, 3.63) is 95.7 Å². The van der Waals surface area contributed by atoms with Gasteiger partial charge < -0.3 is 14.5 Å². The molecule has 12 heteroatoms. The van der Waals surface area contributed by atoms with Gasteiger partial charge in [-0.25, -0.2) is 18.4 Å². The van der Waals surface area contributed by atoms with E-state index >= 15 is 8.78 Å². The number of likely N-dealkylation sites (N-methyl/N-ethyl adjacent to an activating group) is 1. The van der Waals surface area contributed by atoms with Crippen LogP contribution in [0.1, 0.15) is 30.4 Å². The van der Waals surface area contributed by atoms with Crippen LogP contribution in [0, 0.1) is 11.6 Å². The van der Waals surface area contributed by atoms with Crippen molar-refractivity contribution in [2.45, 2.75) is 38.1 Å². The SMILES string of the molecule is CN(CC1CCCCN1c1ccccc1)c1ncc2c(-c3cc(C(F)(F)F)c(F)c(OCc4ccccc4)c3F)nn(C)c2n1. The molecule has 3 heterocycles. The van der Waals surface area contributed by atoms with Gasteiger partial charge in [0.1, 0.15) is 12.3 Å². The van der Waals surface area contributed by atoms with Crippen LogP contribution in [0.15, 0.2) is 72.9 Å². The number of hydrogen-bond donors (Lipinski definition) is 0. The largest absolute Gasteiger partial charge is 0.483 e. The van der Waals surface area contributed by atoms with Crippen molar-refractivity contribution >= 4 is 22.7 Å². The van der Waals surface area contributed by atoms with E-state index in [0.717, 1.165) is 31.5 Å². The van der Waals surface area contributed by atoms with Crippen molar-refractivity contribution in [1.29, 1.82) is 0 Å². The van der Waals surface area contributed by atoms with Crippen molar-refractivity contribution in [3.8, 4) is 17.0 Å². The average molecular weight is 623 g/mol. The number of rotatable bonds is 8. The van der Waals surface area contributed by atoms with Crippen LogP contribution in [0.25, 0.3) is 22.3 Å². The molecule has 6 rings (SSSR count). The van der Waals surface area contributed by atoms with E-state index in [9.17, 15) is 13.2 Å². The Balaban J connectivity index is 1.33. The molecule has 0 amide bonds. The number of aromatic nitrogens is 4. The molecular formula is C33H31F5N6O. The summed E-state index contributed by atoms with van der Waals surface area (Å²) in [4.78, 5) is 13.4. The summed E-state index contributed by atoms with van der Waals surface area (Å²) < 4.78 is 79.4. The summed E-state index contributed by atoms with van der Waals surface area (Å²) in [6.07, 6.45) is -0.497. The Kier molecular flexibility index (Phi) is 8.30. The first kappa shape index (κ1) is 30.3. The lowest BCUT2D eigenvalue weighted by molar-refractivity contribution is -0.140. The quantitative estimate of drug-likeness (QED) is 0.168. The molecule has 0 radical (unpaired) electrons. The highest BCUT2D eigenvalue weighted by molar-refractivity contribution is 5.91. The lowest BCUT2D eigenvalue weighted by Gasteiger charge is -2.39. The van der Waals surface area contributed by atoms with Crippen LogP contribution in [0.2, 0.25) is 0 Å². The second kappa shape index (κ2) is 12.3. The van der Waals surface area contributed by atoms with Gasteiger partial charge in [-0.3, -0.25) is 0 Å². The maximum atomic E-state index is 15.8. The molecule has 1 fully saturated rings. The lowest BCUT2D eigenvalue weighted by Crippen LogP contribution is -2.46. The number of aryl methyl sites for hydroxylation is 1. The van der Waals surface area contributed by atoms with Gasteiger partial charge in [0, 0.05) is 50.7 Å². The Morgan fingerprint density at radius 3 is 2.40 bits per heavy atom. The van der Waals surface area contributed by atoms with Crippen LogP contribution < -0.4 is 14.5 Å². The minimum atomic E-state index is -5.11. The number of nitrogens with zero attached hydrogens (tertiary/aromatic N) is 6. The van der Waals surface area contributed by atoms with Crippen LogP contribution in [0.5, 0.6) is 5.75 Å². The minimum absolute atomic E-state index is 0.156. The molecule has 5 aromatic rings. The Hall–Kier alpha value is -4.74. The highest BCUT2D eigenvalue weighted by Crippen LogP contribution is 2.42. The van der Waals surface area contributed by atoms with Gasteiger partial charge in [-0.1, -0.05) is 48.5 Å². The van der Waals surface area contributed by atoms with Crippen LogP contribution in [-0.2, 0) is 19.8 Å². The maximum Gasteiger partial charge on any atom is 0.419 e. The summed E-state index contributed by atoms with van der Waals surface area (Å²) >= 11 is 0. The Morgan fingerprint density at radius 2 is 1.69 bits per heavy atom. The smallest absolute Gasteiger partial charge is 0.419 e. The maximum absolute atomic E-state index is 15.8. The van der Waals surface area contributed by atoms with Gasteiger partial charge >= 0.3 is 6.18 Å². The average Bonchev–Trinajstić information content (AvgIpc) is 3.36. The van der Waals surface area contributed by atoms with Crippen molar-refractivity contribution in [1.82, 2.24) is 19.7 Å². The third-order valence-electron chi connectivity index (χ3n) is 8.06. The highest BCUT2D eigenvalue weighted by atomic mass is 19.4. The van der Waals surface area contributed by atoms with Crippen molar-refractivity contribution in [2.24, 2.45) is 7.05 Å². The van der Waals surface area contributed by atoms with E-state index in [2.05, 4.69) is 32.1 Å². The van der Waals surface area contributed by atoms with Crippen molar-refractivity contribution < 1.29 is 26.7 Å². The number of hydrogen-bond acceptors (Lipinski definition) is 6. The van der Waals surface area contributed by atoms with E-state index < -0.39 is 34.7 Å². The monoisotopic (exact) mass is 622 g/mol. The van der Waals surface area contributed by atoms with Gasteiger partial charge in [0.15, 0.2) is 23.0 Å². The van der Waals surface area contributed by atoms with E-state index in [-0.39, 0.29) is 29.4 Å². The minimum Gasteiger partial charge on any atom is -0.483 e. The van der Waals surface area contributed by atoms with Crippen LogP contribution in [0.3, 0.4) is 0 Å². The fraction of sp³-hybridized carbons (Fsp3) is 0.303. The molecule has 3 aromatic carbocycles. The van der Waals surface area contributed by atoms with E-state index in [1.165, 1.54) is 10.9 Å². The fourth-order valence-electron chi connectivity index (χ4n) is 5.81. The second-order valence-corrected chi connectivity index (χ2v) is 11.1. The molecule has 1 saturated heterocycles. The number of ether oxygens (including phenoxy) is 1. The van der Waals surface area contributed by atoms with Gasteiger partial charge in [0.05, 0.1) is 10.9 Å². The topological polar surface area (TPSA) is 59.3 Å². The van der Waals surface area contributed by atoms with Gasteiger partial charge in [0.2, 0.25) is 5.95 Å². The number of para-hydroxylation sites is 1. The fourth-order valence-corrected chi connectivity index (χ4v) is 5.81. The zero-order valence-corrected chi connectivity index (χ0v) is 24.7. The molecule has 0 N–H and O–H groups in total. The number of alkyl halides is 3. The predicted molar refractivity (Wildman–Crippen MR) is 162 cm³/mol. The van der Waals surface area contributed by atoms with Crippen LogP contribution >= 0.6 is 0 Å². The third kappa shape index (κ3) is 6.13. The van der Waals surface area contributed by atoms with Crippen LogP contribution in [-0.4, -0.2) is 45.9 Å². The van der Waals surface area contributed by atoms with Crippen LogP contribution in [0.4, 0.5) is 33.6 Å². The Labute approximate surface area is 256 Å². The molecular weight excluding hydrogens is 591 g/mol. The van der Waals surface area contributed by atoms with E-state index in [1.807, 2.05) is 30.1 Å². The predicted octanol–water partition coefficient (Wildman–Crippen LogP) is 7.40. The molecule has 0 aliphatic carbocycles. The molecule has 2 aromatic heterocycles. The number of halogens is 5. The molecule has 234 valence electrons. The third-order valence-corrected chi connectivity index (χ3v) is 8.06. The molecule has 0 saturated carbocycles. The number of fused-ring (bicyclic) bond motifs is 1. The van der Waals surface area contributed by atoms with Gasteiger partial charge in [0.25, 0.3) is 0 Å². The lowest BCUT2D eigenvalue weighted by atomic mass is 10.0. The molecule has 1 aliphatic rings.